The van der Waals surface area contributed by atoms with Gasteiger partial charge in [-0.15, -0.1) is 11.6 Å². The molecule has 1 unspecified atom stereocenters. The van der Waals surface area contributed by atoms with E-state index in [-0.39, 0.29) is 5.38 Å². The maximum absolute atomic E-state index is 6.11. The molecule has 1 aromatic heterocycles. The highest BCUT2D eigenvalue weighted by molar-refractivity contribution is 6.20. The largest absolute Gasteiger partial charge is 0.327 e. The number of hydrogen-bond donors (Lipinski definition) is 0. The molecular weight excluding hydrogens is 208 g/mol. The van der Waals surface area contributed by atoms with E-state index in [1.165, 1.54) is 11.1 Å². The van der Waals surface area contributed by atoms with E-state index in [4.69, 9.17) is 11.6 Å². The second-order valence-electron chi connectivity index (χ2n) is 3.82. The van der Waals surface area contributed by atoms with Crippen LogP contribution in [0.25, 0.3) is 11.0 Å². The van der Waals surface area contributed by atoms with Gasteiger partial charge in [0.15, 0.2) is 0 Å². The van der Waals surface area contributed by atoms with Gasteiger partial charge in [-0.2, -0.15) is 0 Å². The molecule has 1 atom stereocenters. The van der Waals surface area contributed by atoms with Gasteiger partial charge in [-0.3, -0.25) is 0 Å². The quantitative estimate of drug-likeness (QED) is 0.709. The van der Waals surface area contributed by atoms with Crippen molar-refractivity contribution in [2.45, 2.75) is 32.7 Å². The third-order valence-corrected chi connectivity index (χ3v) is 2.80. The van der Waals surface area contributed by atoms with Crippen LogP contribution < -0.4 is 0 Å². The smallest absolute Gasteiger partial charge is 0.127 e. The zero-order valence-corrected chi connectivity index (χ0v) is 10.0. The fourth-order valence-corrected chi connectivity index (χ4v) is 2.06. The van der Waals surface area contributed by atoms with Crippen LogP contribution in [-0.4, -0.2) is 9.55 Å². The number of aromatic nitrogens is 2. The predicted molar refractivity (Wildman–Crippen MR) is 64.4 cm³/mol. The first-order chi connectivity index (χ1) is 7.13. The first kappa shape index (κ1) is 10.5. The molecule has 2 rings (SSSR count). The van der Waals surface area contributed by atoms with Crippen LogP contribution in [0.2, 0.25) is 0 Å². The van der Waals surface area contributed by atoms with Gasteiger partial charge in [0.1, 0.15) is 5.82 Å². The summed E-state index contributed by atoms with van der Waals surface area (Å²) in [4.78, 5) is 4.57. The Bertz CT molecular complexity index is 486. The van der Waals surface area contributed by atoms with Crippen molar-refractivity contribution in [3.05, 3.63) is 29.6 Å². The molecule has 0 saturated carbocycles. The second-order valence-corrected chi connectivity index (χ2v) is 4.48. The van der Waals surface area contributed by atoms with E-state index in [0.29, 0.717) is 0 Å². The van der Waals surface area contributed by atoms with E-state index in [1.54, 1.807) is 0 Å². The van der Waals surface area contributed by atoms with Gasteiger partial charge in [0.05, 0.1) is 16.4 Å². The highest BCUT2D eigenvalue weighted by Crippen LogP contribution is 2.24. The van der Waals surface area contributed by atoms with Crippen LogP contribution in [0.1, 0.15) is 30.6 Å². The van der Waals surface area contributed by atoms with Crippen LogP contribution in [-0.2, 0) is 6.54 Å². The van der Waals surface area contributed by atoms with Gasteiger partial charge in [-0.25, -0.2) is 4.98 Å². The Morgan fingerprint density at radius 1 is 1.47 bits per heavy atom. The number of aryl methyl sites for hydroxylation is 2. The minimum absolute atomic E-state index is 0.0438. The number of alkyl halides is 1. The molecule has 2 aromatic rings. The number of imidazole rings is 1. The molecule has 0 saturated heterocycles. The van der Waals surface area contributed by atoms with Crippen molar-refractivity contribution in [2.75, 3.05) is 0 Å². The van der Waals surface area contributed by atoms with Crippen molar-refractivity contribution in [1.29, 1.82) is 0 Å². The maximum atomic E-state index is 6.11. The molecule has 0 bridgehead atoms. The average molecular weight is 223 g/mol. The summed E-state index contributed by atoms with van der Waals surface area (Å²) in [7, 11) is 0. The van der Waals surface area contributed by atoms with Crippen LogP contribution in [0.4, 0.5) is 0 Å². The monoisotopic (exact) mass is 222 g/mol. The van der Waals surface area contributed by atoms with Crippen LogP contribution >= 0.6 is 11.6 Å². The van der Waals surface area contributed by atoms with Crippen molar-refractivity contribution in [1.82, 2.24) is 9.55 Å². The van der Waals surface area contributed by atoms with Crippen molar-refractivity contribution < 1.29 is 0 Å². The van der Waals surface area contributed by atoms with E-state index in [1.807, 2.05) is 6.92 Å². The first-order valence-electron chi connectivity index (χ1n) is 5.24. The van der Waals surface area contributed by atoms with E-state index < -0.39 is 0 Å². The minimum atomic E-state index is -0.0438. The van der Waals surface area contributed by atoms with E-state index in [2.05, 4.69) is 41.6 Å². The molecular formula is C12H15ClN2. The molecule has 1 heterocycles. The van der Waals surface area contributed by atoms with Gasteiger partial charge in [-0.05, 0) is 38.5 Å². The summed E-state index contributed by atoms with van der Waals surface area (Å²) in [5.41, 5.74) is 3.45. The van der Waals surface area contributed by atoms with Gasteiger partial charge in [0, 0.05) is 6.54 Å². The van der Waals surface area contributed by atoms with Gasteiger partial charge >= 0.3 is 0 Å². The second kappa shape index (κ2) is 3.86. The van der Waals surface area contributed by atoms with Crippen LogP contribution in [0.5, 0.6) is 0 Å². The Morgan fingerprint density at radius 3 is 2.80 bits per heavy atom. The van der Waals surface area contributed by atoms with Gasteiger partial charge in [0.2, 0.25) is 0 Å². The summed E-state index contributed by atoms with van der Waals surface area (Å²) in [5, 5.41) is -0.0438. The Morgan fingerprint density at radius 2 is 2.20 bits per heavy atom. The Labute approximate surface area is 94.9 Å². The summed E-state index contributed by atoms with van der Waals surface area (Å²) in [6.45, 7) is 7.06. The lowest BCUT2D eigenvalue weighted by Crippen LogP contribution is -2.01. The van der Waals surface area contributed by atoms with Crippen molar-refractivity contribution in [3.8, 4) is 0 Å². The summed E-state index contributed by atoms with van der Waals surface area (Å²) < 4.78 is 2.17. The molecule has 80 valence electrons. The molecule has 0 aliphatic heterocycles. The maximum Gasteiger partial charge on any atom is 0.127 e. The Hall–Kier alpha value is -1.02. The number of benzene rings is 1. The number of rotatable bonds is 2. The van der Waals surface area contributed by atoms with Gasteiger partial charge in [0.25, 0.3) is 0 Å². The van der Waals surface area contributed by atoms with Crippen LogP contribution in [0.3, 0.4) is 0 Å². The Kier molecular flexibility index (Phi) is 2.70. The molecule has 0 aliphatic rings. The van der Waals surface area contributed by atoms with Crippen molar-refractivity contribution in [3.63, 3.8) is 0 Å². The molecule has 0 aliphatic carbocycles. The first-order valence-corrected chi connectivity index (χ1v) is 5.68. The number of fused-ring (bicyclic) bond motifs is 1. The lowest BCUT2D eigenvalue weighted by atomic mass is 10.2. The van der Waals surface area contributed by atoms with Crippen LogP contribution in [0.15, 0.2) is 18.2 Å². The van der Waals surface area contributed by atoms with Crippen molar-refractivity contribution >= 4 is 22.6 Å². The van der Waals surface area contributed by atoms with Gasteiger partial charge in [-0.1, -0.05) is 6.07 Å². The van der Waals surface area contributed by atoms with E-state index in [0.717, 1.165) is 17.9 Å². The molecule has 0 N–H and O–H groups in total. The SMILES string of the molecule is CCn1c(C(C)Cl)nc2cc(C)ccc21. The third-order valence-electron chi connectivity index (χ3n) is 2.61. The third kappa shape index (κ3) is 1.74. The normalized spacial score (nSPS) is 13.3. The lowest BCUT2D eigenvalue weighted by molar-refractivity contribution is 0.717. The standard InChI is InChI=1S/C12H15ClN2/c1-4-15-11-6-5-8(2)7-10(11)14-12(15)9(3)13/h5-7,9H,4H2,1-3H3. The predicted octanol–water partition coefficient (Wildman–Crippen LogP) is 3.66. The zero-order chi connectivity index (χ0) is 11.0. The minimum Gasteiger partial charge on any atom is -0.327 e. The van der Waals surface area contributed by atoms with E-state index in [9.17, 15) is 0 Å². The molecule has 2 nitrogen and oxygen atoms in total. The lowest BCUT2D eigenvalue weighted by Gasteiger charge is -2.06. The molecule has 1 aromatic carbocycles. The fourth-order valence-electron chi connectivity index (χ4n) is 1.89. The molecule has 0 amide bonds. The summed E-state index contributed by atoms with van der Waals surface area (Å²) >= 11 is 6.11. The molecule has 3 heteroatoms. The highest BCUT2D eigenvalue weighted by atomic mass is 35.5. The van der Waals surface area contributed by atoms with Crippen LogP contribution in [0, 0.1) is 6.92 Å². The zero-order valence-electron chi connectivity index (χ0n) is 9.29. The molecule has 0 fully saturated rings. The number of nitrogens with zero attached hydrogens (tertiary/aromatic N) is 2. The topological polar surface area (TPSA) is 17.8 Å². The number of hydrogen-bond acceptors (Lipinski definition) is 1. The van der Waals surface area contributed by atoms with E-state index >= 15 is 0 Å². The fraction of sp³-hybridized carbons (Fsp3) is 0.417. The van der Waals surface area contributed by atoms with Crippen molar-refractivity contribution in [2.24, 2.45) is 0 Å². The summed E-state index contributed by atoms with van der Waals surface area (Å²) in [6.07, 6.45) is 0. The highest BCUT2D eigenvalue weighted by Gasteiger charge is 2.13. The molecule has 0 spiro atoms. The average Bonchev–Trinajstić information content (AvgIpc) is 2.55. The summed E-state index contributed by atoms with van der Waals surface area (Å²) in [6, 6.07) is 6.33. The molecule has 15 heavy (non-hydrogen) atoms. The van der Waals surface area contributed by atoms with Gasteiger partial charge < -0.3 is 4.57 Å². The summed E-state index contributed by atoms with van der Waals surface area (Å²) in [5.74, 6) is 0.958. The Balaban J connectivity index is 2.73. The molecule has 0 radical (unpaired) electrons. The number of halogens is 1.